The Morgan fingerprint density at radius 3 is 2.43 bits per heavy atom. The Morgan fingerprint density at radius 1 is 1.36 bits per heavy atom. The fourth-order valence-corrected chi connectivity index (χ4v) is 1.48. The average molecular weight is 305 g/mol. The number of halogens is 1. The first kappa shape index (κ1) is 11.0. The molecule has 0 fully saturated rings. The van der Waals surface area contributed by atoms with Gasteiger partial charge < -0.3 is 10.8 Å². The van der Waals surface area contributed by atoms with Crippen LogP contribution in [0.2, 0.25) is 0 Å². The van der Waals surface area contributed by atoms with E-state index >= 15 is 0 Å². The zero-order valence-electron chi connectivity index (χ0n) is 7.16. The van der Waals surface area contributed by atoms with Gasteiger partial charge in [-0.25, -0.2) is 4.79 Å². The second kappa shape index (κ2) is 4.41. The highest BCUT2D eigenvalue weighted by Crippen LogP contribution is 2.18. The van der Waals surface area contributed by atoms with Crippen LogP contribution >= 0.6 is 22.6 Å². The Balaban J connectivity index is 3.27. The Bertz CT molecular complexity index is 390. The topological polar surface area (TPSA) is 80.4 Å². The van der Waals surface area contributed by atoms with Gasteiger partial charge in [0.2, 0.25) is 0 Å². The normalized spacial score (nSPS) is 9.79. The average Bonchev–Trinajstić information content (AvgIpc) is 2.16. The Morgan fingerprint density at radius 2 is 1.93 bits per heavy atom. The first-order valence-electron chi connectivity index (χ1n) is 3.79. The molecule has 0 spiro atoms. The molecular weight excluding hydrogens is 297 g/mol. The molecule has 1 rings (SSSR count). The van der Waals surface area contributed by atoms with Crippen LogP contribution in [0.5, 0.6) is 0 Å². The highest BCUT2D eigenvalue weighted by molar-refractivity contribution is 14.1. The van der Waals surface area contributed by atoms with Crippen LogP contribution in [-0.4, -0.2) is 21.3 Å². The van der Waals surface area contributed by atoms with E-state index in [-0.39, 0.29) is 27.0 Å². The van der Waals surface area contributed by atoms with E-state index in [4.69, 9.17) is 10.8 Å². The van der Waals surface area contributed by atoms with Gasteiger partial charge in [-0.3, -0.25) is 4.79 Å². The molecule has 1 aromatic carbocycles. The van der Waals surface area contributed by atoms with E-state index in [1.54, 1.807) is 0 Å². The second-order valence-corrected chi connectivity index (χ2v) is 3.39. The van der Waals surface area contributed by atoms with Crippen LogP contribution in [0, 0.1) is 0 Å². The van der Waals surface area contributed by atoms with Gasteiger partial charge in [0.15, 0.2) is 5.78 Å². The summed E-state index contributed by atoms with van der Waals surface area (Å²) in [6.07, 6.45) is 0. The van der Waals surface area contributed by atoms with Crippen molar-refractivity contribution in [1.82, 2.24) is 0 Å². The highest BCUT2D eigenvalue weighted by Gasteiger charge is 2.14. The summed E-state index contributed by atoms with van der Waals surface area (Å²) in [7, 11) is 0. The molecule has 0 aliphatic heterocycles. The van der Waals surface area contributed by atoms with Gasteiger partial charge in [-0.2, -0.15) is 0 Å². The molecule has 0 aliphatic rings. The lowest BCUT2D eigenvalue weighted by Gasteiger charge is -2.05. The minimum atomic E-state index is -1.12. The number of anilines is 1. The lowest BCUT2D eigenvalue weighted by atomic mass is 10.0. The summed E-state index contributed by atoms with van der Waals surface area (Å²) in [6, 6.07) is 4.42. The van der Waals surface area contributed by atoms with Crippen molar-refractivity contribution >= 4 is 40.0 Å². The van der Waals surface area contributed by atoms with E-state index in [0.29, 0.717) is 0 Å². The standard InChI is InChI=1S/C9H8INO3/c10-4-7(12)5-2-1-3-6(8(5)11)9(13)14/h1-3H,4,11H2,(H,13,14). The molecule has 0 saturated carbocycles. The molecule has 0 amide bonds. The third-order valence-corrected chi connectivity index (χ3v) is 2.45. The Kier molecular flexibility index (Phi) is 3.45. The van der Waals surface area contributed by atoms with E-state index in [1.807, 2.05) is 22.6 Å². The summed E-state index contributed by atoms with van der Waals surface area (Å²) < 4.78 is 0.283. The predicted molar refractivity (Wildman–Crippen MR) is 61.0 cm³/mol. The van der Waals surface area contributed by atoms with Gasteiger partial charge in [0.25, 0.3) is 0 Å². The van der Waals surface area contributed by atoms with Gasteiger partial charge in [-0.15, -0.1) is 0 Å². The molecular formula is C9H8INO3. The number of carboxylic acids is 1. The zero-order valence-corrected chi connectivity index (χ0v) is 9.32. The molecule has 74 valence electrons. The predicted octanol–water partition coefficient (Wildman–Crippen LogP) is 1.58. The van der Waals surface area contributed by atoms with Crippen LogP contribution in [0.1, 0.15) is 20.7 Å². The van der Waals surface area contributed by atoms with Gasteiger partial charge in [0, 0.05) is 5.56 Å². The molecule has 0 aromatic heterocycles. The summed E-state index contributed by atoms with van der Waals surface area (Å²) in [5.74, 6) is -1.28. The number of carbonyl (C=O) groups is 2. The van der Waals surface area contributed by atoms with E-state index in [2.05, 4.69) is 0 Å². The number of carbonyl (C=O) groups excluding carboxylic acids is 1. The quantitative estimate of drug-likeness (QED) is 0.384. The van der Waals surface area contributed by atoms with Gasteiger partial charge in [-0.05, 0) is 12.1 Å². The maximum atomic E-state index is 11.3. The molecule has 14 heavy (non-hydrogen) atoms. The van der Waals surface area contributed by atoms with E-state index < -0.39 is 5.97 Å². The maximum Gasteiger partial charge on any atom is 0.337 e. The largest absolute Gasteiger partial charge is 0.478 e. The summed E-state index contributed by atoms with van der Waals surface area (Å²) in [5.41, 5.74) is 5.85. The molecule has 5 heteroatoms. The number of aromatic carboxylic acids is 1. The lowest BCUT2D eigenvalue weighted by molar-refractivity contribution is 0.0698. The Labute approximate surface area is 94.2 Å². The van der Waals surface area contributed by atoms with E-state index in [0.717, 1.165) is 0 Å². The molecule has 0 bridgehead atoms. The molecule has 3 N–H and O–H groups in total. The van der Waals surface area contributed by atoms with Crippen molar-refractivity contribution in [1.29, 1.82) is 0 Å². The third kappa shape index (κ3) is 2.03. The van der Waals surface area contributed by atoms with Crippen molar-refractivity contribution in [3.05, 3.63) is 29.3 Å². The second-order valence-electron chi connectivity index (χ2n) is 2.63. The molecule has 0 radical (unpaired) electrons. The van der Waals surface area contributed by atoms with E-state index in [9.17, 15) is 9.59 Å². The van der Waals surface area contributed by atoms with Crippen LogP contribution in [0.25, 0.3) is 0 Å². The summed E-state index contributed by atoms with van der Waals surface area (Å²) >= 11 is 1.91. The zero-order chi connectivity index (χ0) is 10.7. The van der Waals surface area contributed by atoms with Crippen molar-refractivity contribution in [2.24, 2.45) is 0 Å². The molecule has 1 aromatic rings. The Hall–Kier alpha value is -1.11. The van der Waals surface area contributed by atoms with E-state index in [1.165, 1.54) is 18.2 Å². The summed E-state index contributed by atoms with van der Waals surface area (Å²) in [4.78, 5) is 22.0. The van der Waals surface area contributed by atoms with Crippen LogP contribution in [0.3, 0.4) is 0 Å². The van der Waals surface area contributed by atoms with Crippen molar-refractivity contribution < 1.29 is 14.7 Å². The number of hydrogen-bond donors (Lipinski definition) is 2. The summed E-state index contributed by atoms with van der Waals surface area (Å²) in [5, 5.41) is 8.75. The van der Waals surface area contributed by atoms with Gasteiger partial charge in [0.05, 0.1) is 15.7 Å². The van der Waals surface area contributed by atoms with Crippen molar-refractivity contribution in [2.75, 3.05) is 10.2 Å². The number of nitrogen functional groups attached to an aromatic ring is 1. The first-order valence-corrected chi connectivity index (χ1v) is 5.31. The van der Waals surface area contributed by atoms with Gasteiger partial charge in [0.1, 0.15) is 0 Å². The number of alkyl halides is 1. The number of carboxylic acid groups (broad SMARTS) is 1. The van der Waals surface area contributed by atoms with Crippen molar-refractivity contribution in [3.63, 3.8) is 0 Å². The first-order chi connectivity index (χ1) is 6.57. The highest BCUT2D eigenvalue weighted by atomic mass is 127. The van der Waals surface area contributed by atoms with Gasteiger partial charge in [-0.1, -0.05) is 28.7 Å². The smallest absolute Gasteiger partial charge is 0.337 e. The van der Waals surface area contributed by atoms with Crippen molar-refractivity contribution in [2.45, 2.75) is 0 Å². The van der Waals surface area contributed by atoms with Crippen LogP contribution in [0.15, 0.2) is 18.2 Å². The monoisotopic (exact) mass is 305 g/mol. The van der Waals surface area contributed by atoms with Crippen LogP contribution in [0.4, 0.5) is 5.69 Å². The number of Topliss-reactive ketones (excluding diaryl/α,β-unsaturated/α-hetero) is 1. The molecule has 0 unspecified atom stereocenters. The van der Waals surface area contributed by atoms with Gasteiger partial charge >= 0.3 is 5.97 Å². The summed E-state index contributed by atoms with van der Waals surface area (Å²) in [6.45, 7) is 0. The molecule has 0 aliphatic carbocycles. The lowest BCUT2D eigenvalue weighted by Crippen LogP contribution is -2.10. The SMILES string of the molecule is Nc1c(C(=O)O)cccc1C(=O)CI. The maximum absolute atomic E-state index is 11.3. The fourth-order valence-electron chi connectivity index (χ4n) is 1.07. The number of benzene rings is 1. The number of hydrogen-bond acceptors (Lipinski definition) is 3. The number of ketones is 1. The third-order valence-electron chi connectivity index (χ3n) is 1.76. The molecule has 4 nitrogen and oxygen atoms in total. The van der Waals surface area contributed by atoms with Crippen LogP contribution in [-0.2, 0) is 0 Å². The molecule has 0 saturated heterocycles. The number of nitrogens with two attached hydrogens (primary N) is 1. The van der Waals surface area contributed by atoms with Crippen LogP contribution < -0.4 is 5.73 Å². The molecule has 0 atom stereocenters. The fraction of sp³-hybridized carbons (Fsp3) is 0.111. The van der Waals surface area contributed by atoms with Crippen molar-refractivity contribution in [3.8, 4) is 0 Å². The molecule has 0 heterocycles. The minimum Gasteiger partial charge on any atom is -0.478 e. The minimum absolute atomic E-state index is 0.0271. The number of para-hydroxylation sites is 1. The number of rotatable bonds is 3.